The quantitative estimate of drug-likeness (QED) is 0.404. The molecule has 0 radical (unpaired) electrons. The van der Waals surface area contributed by atoms with Gasteiger partial charge in [-0.05, 0) is 116 Å². The van der Waals surface area contributed by atoms with Gasteiger partial charge in [0.25, 0.3) is 0 Å². The molecule has 1 N–H and O–H groups in total. The second-order valence-electron chi connectivity index (χ2n) is 13.4. The van der Waals surface area contributed by atoms with Crippen molar-refractivity contribution in [2.24, 2.45) is 58.2 Å². The van der Waals surface area contributed by atoms with Crippen molar-refractivity contribution in [2.45, 2.75) is 118 Å². The van der Waals surface area contributed by atoms with Crippen LogP contribution >= 0.6 is 0 Å². The lowest BCUT2D eigenvalue weighted by atomic mass is 9.43. The summed E-state index contributed by atoms with van der Waals surface area (Å²) in [5.41, 5.74) is 1.05. The van der Waals surface area contributed by atoms with Crippen LogP contribution in [0.25, 0.3) is 0 Å². The molecular formula is C30H52O. The van der Waals surface area contributed by atoms with E-state index in [1.54, 1.807) is 0 Å². The van der Waals surface area contributed by atoms with Crippen LogP contribution in [0.1, 0.15) is 112 Å². The first-order valence-corrected chi connectivity index (χ1v) is 14.0. The number of hydrogen-bond donors (Lipinski definition) is 1. The summed E-state index contributed by atoms with van der Waals surface area (Å²) in [6.07, 6.45) is 18.2. The van der Waals surface area contributed by atoms with E-state index in [-0.39, 0.29) is 6.10 Å². The van der Waals surface area contributed by atoms with Crippen LogP contribution in [0.4, 0.5) is 0 Å². The van der Waals surface area contributed by atoms with Crippen molar-refractivity contribution in [1.29, 1.82) is 0 Å². The van der Waals surface area contributed by atoms with Crippen LogP contribution in [0, 0.1) is 58.2 Å². The standard InChI is InChI=1S/C30H52O/c1-7-9-23-26-13-12-22-25-15-14-24(21(4)11-8-10-20(2)3)29(25,5)18-16-27(22)30(26,6)19-17-28(23)31/h7,20-28,31H,1,8-19H2,2-6H3/t21-,22+,23+,24-,25+,26?,27+,28+,29-,30+/m1/s1. The van der Waals surface area contributed by atoms with E-state index < -0.39 is 0 Å². The predicted octanol–water partition coefficient (Wildman–Crippen LogP) is 8.27. The molecule has 1 unspecified atom stereocenters. The Hall–Kier alpha value is -0.300. The fraction of sp³-hybridized carbons (Fsp3) is 0.933. The third-order valence-corrected chi connectivity index (χ3v) is 11.6. The minimum Gasteiger partial charge on any atom is -0.393 e. The zero-order valence-electron chi connectivity index (χ0n) is 21.4. The van der Waals surface area contributed by atoms with Gasteiger partial charge in [-0.1, -0.05) is 60.0 Å². The summed E-state index contributed by atoms with van der Waals surface area (Å²) >= 11 is 0. The van der Waals surface area contributed by atoms with Crippen LogP contribution in [0.2, 0.25) is 0 Å². The summed E-state index contributed by atoms with van der Waals surface area (Å²) in [6.45, 7) is 16.7. The highest BCUT2D eigenvalue weighted by Gasteiger charge is 2.61. The Bertz CT molecular complexity index is 624. The SMILES string of the molecule is C=CC[C@H]1C2CC[C@H]3[C@@H]4CC[C@H]([C@H](C)CCCC(C)C)[C@@]4(C)CC[C@@H]3[C@@]2(C)CC[C@@H]1O. The predicted molar refractivity (Wildman–Crippen MR) is 133 cm³/mol. The Balaban J connectivity index is 1.49. The maximum atomic E-state index is 10.8. The van der Waals surface area contributed by atoms with Gasteiger partial charge in [-0.3, -0.25) is 0 Å². The molecule has 4 aliphatic rings. The van der Waals surface area contributed by atoms with Crippen molar-refractivity contribution in [3.05, 3.63) is 12.7 Å². The molecule has 10 atom stereocenters. The number of hydrogen-bond acceptors (Lipinski definition) is 1. The zero-order chi connectivity index (χ0) is 22.4. The molecular weight excluding hydrogens is 376 g/mol. The summed E-state index contributed by atoms with van der Waals surface area (Å²) in [5.74, 6) is 6.70. The highest BCUT2D eigenvalue weighted by Crippen LogP contribution is 2.69. The molecule has 0 bridgehead atoms. The van der Waals surface area contributed by atoms with Gasteiger partial charge in [0.1, 0.15) is 0 Å². The molecule has 178 valence electrons. The molecule has 0 aromatic carbocycles. The molecule has 1 heteroatoms. The van der Waals surface area contributed by atoms with Gasteiger partial charge in [0.15, 0.2) is 0 Å². The average Bonchev–Trinajstić information content (AvgIpc) is 3.07. The van der Waals surface area contributed by atoms with Crippen LogP contribution in [0.3, 0.4) is 0 Å². The fourth-order valence-corrected chi connectivity index (χ4v) is 10.0. The molecule has 4 saturated carbocycles. The van der Waals surface area contributed by atoms with Gasteiger partial charge in [0.05, 0.1) is 6.10 Å². The van der Waals surface area contributed by atoms with Crippen molar-refractivity contribution in [2.75, 3.05) is 0 Å². The van der Waals surface area contributed by atoms with Gasteiger partial charge in [0, 0.05) is 0 Å². The van der Waals surface area contributed by atoms with E-state index in [0.29, 0.717) is 22.7 Å². The van der Waals surface area contributed by atoms with Gasteiger partial charge in [-0.2, -0.15) is 0 Å². The van der Waals surface area contributed by atoms with Gasteiger partial charge in [-0.25, -0.2) is 0 Å². The Morgan fingerprint density at radius 3 is 2.26 bits per heavy atom. The second kappa shape index (κ2) is 9.15. The molecule has 0 saturated heterocycles. The lowest BCUT2D eigenvalue weighted by molar-refractivity contribution is -0.152. The minimum atomic E-state index is -0.0935. The largest absolute Gasteiger partial charge is 0.393 e. The van der Waals surface area contributed by atoms with Crippen molar-refractivity contribution < 1.29 is 5.11 Å². The molecule has 1 nitrogen and oxygen atoms in total. The zero-order valence-corrected chi connectivity index (χ0v) is 21.4. The maximum Gasteiger partial charge on any atom is 0.0574 e. The molecule has 0 spiro atoms. The molecule has 0 amide bonds. The Labute approximate surface area is 193 Å². The van der Waals surface area contributed by atoms with E-state index in [2.05, 4.69) is 47.3 Å². The summed E-state index contributed by atoms with van der Waals surface area (Å²) in [5, 5.41) is 10.8. The highest BCUT2D eigenvalue weighted by atomic mass is 16.3. The van der Waals surface area contributed by atoms with Crippen molar-refractivity contribution in [1.82, 2.24) is 0 Å². The Kier molecular flexibility index (Phi) is 7.04. The molecule has 0 aromatic rings. The van der Waals surface area contributed by atoms with Crippen molar-refractivity contribution in [3.63, 3.8) is 0 Å². The topological polar surface area (TPSA) is 20.2 Å². The van der Waals surface area contributed by atoms with Crippen molar-refractivity contribution in [3.8, 4) is 0 Å². The third-order valence-electron chi connectivity index (χ3n) is 11.6. The maximum absolute atomic E-state index is 10.8. The lowest BCUT2D eigenvalue weighted by Crippen LogP contribution is -2.56. The van der Waals surface area contributed by atoms with Gasteiger partial charge >= 0.3 is 0 Å². The molecule has 0 aromatic heterocycles. The van der Waals surface area contributed by atoms with Crippen LogP contribution in [0.5, 0.6) is 0 Å². The minimum absolute atomic E-state index is 0.0935. The Morgan fingerprint density at radius 1 is 0.871 bits per heavy atom. The number of aliphatic hydroxyl groups excluding tert-OH is 1. The summed E-state index contributed by atoms with van der Waals surface area (Å²) in [6, 6.07) is 0. The van der Waals surface area contributed by atoms with E-state index in [1.165, 1.54) is 64.2 Å². The van der Waals surface area contributed by atoms with Crippen LogP contribution in [0.15, 0.2) is 12.7 Å². The summed E-state index contributed by atoms with van der Waals surface area (Å²) < 4.78 is 0. The monoisotopic (exact) mass is 428 g/mol. The van der Waals surface area contributed by atoms with Gasteiger partial charge < -0.3 is 5.11 Å². The number of allylic oxidation sites excluding steroid dienone is 1. The fourth-order valence-electron chi connectivity index (χ4n) is 10.0. The third kappa shape index (κ3) is 4.08. The first-order valence-electron chi connectivity index (χ1n) is 14.0. The molecule has 0 aliphatic heterocycles. The van der Waals surface area contributed by atoms with Crippen LogP contribution in [-0.4, -0.2) is 11.2 Å². The smallest absolute Gasteiger partial charge is 0.0574 e. The van der Waals surface area contributed by atoms with E-state index >= 15 is 0 Å². The molecule has 31 heavy (non-hydrogen) atoms. The second-order valence-corrected chi connectivity index (χ2v) is 13.4. The molecule has 4 rings (SSSR count). The summed E-state index contributed by atoms with van der Waals surface area (Å²) in [7, 11) is 0. The van der Waals surface area contributed by atoms with Crippen molar-refractivity contribution >= 4 is 0 Å². The van der Waals surface area contributed by atoms with E-state index in [0.717, 1.165) is 48.3 Å². The molecule has 4 fully saturated rings. The van der Waals surface area contributed by atoms with Crippen LogP contribution < -0.4 is 0 Å². The summed E-state index contributed by atoms with van der Waals surface area (Å²) in [4.78, 5) is 0. The lowest BCUT2D eigenvalue weighted by Gasteiger charge is -2.62. The average molecular weight is 429 g/mol. The van der Waals surface area contributed by atoms with Crippen LogP contribution in [-0.2, 0) is 0 Å². The van der Waals surface area contributed by atoms with E-state index in [9.17, 15) is 5.11 Å². The first kappa shape index (κ1) is 23.8. The Morgan fingerprint density at radius 2 is 1.55 bits per heavy atom. The number of rotatable bonds is 7. The van der Waals surface area contributed by atoms with Gasteiger partial charge in [-0.15, -0.1) is 6.58 Å². The number of fused-ring (bicyclic) bond motifs is 5. The normalized spacial score (nSPS) is 48.0. The van der Waals surface area contributed by atoms with E-state index in [1.807, 2.05) is 0 Å². The number of aliphatic hydroxyl groups is 1. The molecule has 0 heterocycles. The van der Waals surface area contributed by atoms with E-state index in [4.69, 9.17) is 0 Å². The first-order chi connectivity index (χ1) is 14.7. The highest BCUT2D eigenvalue weighted by molar-refractivity contribution is 5.11. The van der Waals surface area contributed by atoms with Gasteiger partial charge in [0.2, 0.25) is 0 Å². The molecule has 4 aliphatic carbocycles.